The van der Waals surface area contributed by atoms with Crippen LogP contribution in [-0.2, 0) is 17.1 Å². The molecule has 1 unspecified atom stereocenters. The average Bonchev–Trinajstić information content (AvgIpc) is 2.64. The van der Waals surface area contributed by atoms with Crippen molar-refractivity contribution in [2.24, 2.45) is 7.05 Å². The Hall–Kier alpha value is -0.520. The minimum Gasteiger partial charge on any atom is -0.353 e. The van der Waals surface area contributed by atoms with Gasteiger partial charge >= 0.3 is 0 Å². The average molecular weight is 305 g/mol. The Bertz CT molecular complexity index is 512. The summed E-state index contributed by atoms with van der Waals surface area (Å²) in [6, 6.07) is 3.93. The Morgan fingerprint density at radius 1 is 1.37 bits per heavy atom. The molecule has 1 aromatic heterocycles. The monoisotopic (exact) mass is 304 g/mol. The van der Waals surface area contributed by atoms with Gasteiger partial charge in [-0.3, -0.25) is 0 Å². The first kappa shape index (κ1) is 14.9. The number of hydrogen-bond acceptors (Lipinski definition) is 2. The van der Waals surface area contributed by atoms with Crippen molar-refractivity contribution in [1.29, 1.82) is 0 Å². The van der Waals surface area contributed by atoms with Gasteiger partial charge in [0.2, 0.25) is 10.0 Å². The van der Waals surface area contributed by atoms with Gasteiger partial charge in [-0.1, -0.05) is 12.8 Å². The normalized spacial score (nSPS) is 22.3. The Kier molecular flexibility index (Phi) is 4.92. The van der Waals surface area contributed by atoms with E-state index in [0.29, 0.717) is 6.54 Å². The maximum atomic E-state index is 12.4. The van der Waals surface area contributed by atoms with Gasteiger partial charge in [-0.05, 0) is 25.0 Å². The highest BCUT2D eigenvalue weighted by molar-refractivity contribution is 7.89. The molecule has 19 heavy (non-hydrogen) atoms. The van der Waals surface area contributed by atoms with E-state index in [1.54, 1.807) is 4.31 Å². The van der Waals surface area contributed by atoms with Crippen LogP contribution in [0, 0.1) is 0 Å². The molecule has 6 heteroatoms. The van der Waals surface area contributed by atoms with Crippen LogP contribution in [0.25, 0.3) is 0 Å². The molecular formula is C13H21ClN2O2S. The number of alkyl halides is 1. The second kappa shape index (κ2) is 6.29. The van der Waals surface area contributed by atoms with Crippen molar-refractivity contribution in [3.05, 3.63) is 24.0 Å². The molecule has 0 amide bonds. The van der Waals surface area contributed by atoms with Crippen molar-refractivity contribution in [3.8, 4) is 0 Å². The van der Waals surface area contributed by atoms with E-state index in [9.17, 15) is 8.42 Å². The predicted octanol–water partition coefficient (Wildman–Crippen LogP) is 2.51. The quantitative estimate of drug-likeness (QED) is 0.802. The molecule has 0 N–H and O–H groups in total. The summed E-state index contributed by atoms with van der Waals surface area (Å²) in [5, 5.41) is 0. The molecule has 0 aromatic carbocycles. The van der Waals surface area contributed by atoms with Gasteiger partial charge in [0.15, 0.2) is 0 Å². The van der Waals surface area contributed by atoms with Crippen LogP contribution in [-0.4, -0.2) is 35.5 Å². The van der Waals surface area contributed by atoms with E-state index in [1.165, 1.54) is 0 Å². The first-order valence-corrected chi connectivity index (χ1v) is 8.87. The van der Waals surface area contributed by atoms with E-state index in [4.69, 9.17) is 11.6 Å². The lowest BCUT2D eigenvalue weighted by Crippen LogP contribution is -2.37. The van der Waals surface area contributed by atoms with Crippen molar-refractivity contribution in [2.45, 2.75) is 31.7 Å². The zero-order chi connectivity index (χ0) is 13.9. The van der Waals surface area contributed by atoms with Gasteiger partial charge in [0, 0.05) is 31.4 Å². The van der Waals surface area contributed by atoms with Crippen LogP contribution in [0.2, 0.25) is 0 Å². The number of sulfonamides is 1. The van der Waals surface area contributed by atoms with Crippen LogP contribution < -0.4 is 0 Å². The highest BCUT2D eigenvalue weighted by Crippen LogP contribution is 2.32. The minimum absolute atomic E-state index is 0.0233. The molecule has 1 saturated heterocycles. The molecule has 1 aliphatic heterocycles. The molecule has 2 rings (SSSR count). The first-order chi connectivity index (χ1) is 9.06. The third kappa shape index (κ3) is 3.33. The fourth-order valence-electron chi connectivity index (χ4n) is 2.75. The first-order valence-electron chi connectivity index (χ1n) is 6.73. The number of aromatic nitrogens is 1. The molecule has 0 bridgehead atoms. The van der Waals surface area contributed by atoms with Gasteiger partial charge in [0.25, 0.3) is 0 Å². The van der Waals surface area contributed by atoms with Crippen LogP contribution in [0.3, 0.4) is 0 Å². The number of rotatable bonds is 4. The van der Waals surface area contributed by atoms with Crippen molar-refractivity contribution in [1.82, 2.24) is 8.87 Å². The fraction of sp³-hybridized carbons (Fsp3) is 0.692. The van der Waals surface area contributed by atoms with Crippen LogP contribution in [0.1, 0.15) is 37.4 Å². The highest BCUT2D eigenvalue weighted by Gasteiger charge is 2.32. The highest BCUT2D eigenvalue weighted by atomic mass is 35.5. The summed E-state index contributed by atoms with van der Waals surface area (Å²) in [6.45, 7) is 0.606. The van der Waals surface area contributed by atoms with Gasteiger partial charge in [0.1, 0.15) is 0 Å². The third-order valence-corrected chi connectivity index (χ3v) is 6.01. The Balaban J connectivity index is 2.34. The van der Waals surface area contributed by atoms with Crippen molar-refractivity contribution < 1.29 is 8.42 Å². The molecule has 1 aliphatic rings. The summed E-state index contributed by atoms with van der Waals surface area (Å²) in [4.78, 5) is 0. The van der Waals surface area contributed by atoms with E-state index < -0.39 is 10.0 Å². The molecule has 0 spiro atoms. The van der Waals surface area contributed by atoms with Crippen LogP contribution in [0.4, 0.5) is 0 Å². The Labute approximate surface area is 120 Å². The predicted molar refractivity (Wildman–Crippen MR) is 77.8 cm³/mol. The molecule has 0 saturated carbocycles. The fourth-order valence-corrected chi connectivity index (χ4v) is 4.77. The summed E-state index contributed by atoms with van der Waals surface area (Å²) < 4.78 is 28.5. The molecule has 1 aromatic rings. The second-order valence-corrected chi connectivity index (χ2v) is 7.44. The zero-order valence-electron chi connectivity index (χ0n) is 11.3. The Morgan fingerprint density at radius 3 is 2.79 bits per heavy atom. The topological polar surface area (TPSA) is 42.3 Å². The lowest BCUT2D eigenvalue weighted by molar-refractivity contribution is 0.319. The number of halogens is 1. The Morgan fingerprint density at radius 2 is 2.16 bits per heavy atom. The lowest BCUT2D eigenvalue weighted by Gasteiger charge is -2.29. The van der Waals surface area contributed by atoms with Crippen molar-refractivity contribution >= 4 is 21.6 Å². The SMILES string of the molecule is Cn1cccc1C1CCCCCN1S(=O)(=O)CCCl. The van der Waals surface area contributed by atoms with E-state index in [2.05, 4.69) is 0 Å². The van der Waals surface area contributed by atoms with Gasteiger partial charge < -0.3 is 4.57 Å². The summed E-state index contributed by atoms with van der Waals surface area (Å²) in [5.74, 6) is 0.175. The second-order valence-electron chi connectivity index (χ2n) is 5.02. The smallest absolute Gasteiger partial charge is 0.215 e. The van der Waals surface area contributed by atoms with Crippen LogP contribution >= 0.6 is 11.6 Å². The van der Waals surface area contributed by atoms with E-state index in [0.717, 1.165) is 31.4 Å². The number of nitrogens with zero attached hydrogens (tertiary/aromatic N) is 2. The molecule has 4 nitrogen and oxygen atoms in total. The van der Waals surface area contributed by atoms with Crippen LogP contribution in [0.5, 0.6) is 0 Å². The van der Waals surface area contributed by atoms with Crippen LogP contribution in [0.15, 0.2) is 18.3 Å². The van der Waals surface area contributed by atoms with Crippen molar-refractivity contribution in [2.75, 3.05) is 18.2 Å². The molecule has 0 aliphatic carbocycles. The minimum atomic E-state index is -3.26. The summed E-state index contributed by atoms with van der Waals surface area (Å²) >= 11 is 5.64. The lowest BCUT2D eigenvalue weighted by atomic mass is 10.1. The van der Waals surface area contributed by atoms with Gasteiger partial charge in [-0.25, -0.2) is 8.42 Å². The molecule has 108 valence electrons. The van der Waals surface area contributed by atoms with Gasteiger partial charge in [-0.2, -0.15) is 4.31 Å². The van der Waals surface area contributed by atoms with E-state index in [-0.39, 0.29) is 17.7 Å². The van der Waals surface area contributed by atoms with Gasteiger partial charge in [-0.15, -0.1) is 11.6 Å². The van der Waals surface area contributed by atoms with Gasteiger partial charge in [0.05, 0.1) is 11.8 Å². The molecule has 1 fully saturated rings. The number of aryl methyl sites for hydroxylation is 1. The summed E-state index contributed by atoms with van der Waals surface area (Å²) in [5.41, 5.74) is 1.07. The maximum absolute atomic E-state index is 12.4. The standard InChI is InChI=1S/C13H21ClN2O2S/c1-15-9-5-7-12(15)13-6-3-2-4-10-16(13)19(17,18)11-8-14/h5,7,9,13H,2-4,6,8,10-11H2,1H3. The largest absolute Gasteiger partial charge is 0.353 e. The maximum Gasteiger partial charge on any atom is 0.215 e. The molecular weight excluding hydrogens is 284 g/mol. The van der Waals surface area contributed by atoms with E-state index >= 15 is 0 Å². The molecule has 1 atom stereocenters. The summed E-state index contributed by atoms with van der Waals surface area (Å²) in [6.07, 6.45) is 5.95. The van der Waals surface area contributed by atoms with Crippen molar-refractivity contribution in [3.63, 3.8) is 0 Å². The third-order valence-electron chi connectivity index (χ3n) is 3.72. The zero-order valence-corrected chi connectivity index (χ0v) is 12.8. The number of hydrogen-bond donors (Lipinski definition) is 0. The molecule has 0 radical (unpaired) electrons. The summed E-state index contributed by atoms with van der Waals surface area (Å²) in [7, 11) is -1.30. The van der Waals surface area contributed by atoms with E-state index in [1.807, 2.05) is 29.9 Å². The molecule has 2 heterocycles.